The minimum Gasteiger partial charge on any atom is -0.372 e. The van der Waals surface area contributed by atoms with Crippen molar-refractivity contribution >= 4 is 39.5 Å². The van der Waals surface area contributed by atoms with Crippen LogP contribution in [0.5, 0.6) is 0 Å². The van der Waals surface area contributed by atoms with Gasteiger partial charge in [-0.2, -0.15) is 5.10 Å². The molecule has 0 bridgehead atoms. The molecule has 0 aliphatic carbocycles. The van der Waals surface area contributed by atoms with Crippen LogP contribution >= 0.6 is 22.9 Å². The minimum atomic E-state index is 0.726. The third-order valence-corrected chi connectivity index (χ3v) is 5.97. The normalized spacial score (nSPS) is 14.9. The number of anilines is 2. The zero-order valence-electron chi connectivity index (χ0n) is 15.9. The van der Waals surface area contributed by atoms with Gasteiger partial charge >= 0.3 is 0 Å². The molecule has 0 atom stereocenters. The lowest BCUT2D eigenvalue weighted by Crippen LogP contribution is -2.29. The summed E-state index contributed by atoms with van der Waals surface area (Å²) in [6.07, 6.45) is 3.93. The van der Waals surface area contributed by atoms with Crippen molar-refractivity contribution in [3.8, 4) is 11.3 Å². The Kier molecular flexibility index (Phi) is 5.93. The van der Waals surface area contributed by atoms with E-state index in [2.05, 4.69) is 44.7 Å². The van der Waals surface area contributed by atoms with E-state index >= 15 is 0 Å². The SMILES string of the molecule is C/C(=N\Nc1nc(-c2ccc(Cl)cc2)cs1)c1ccc(N2CCCCC2)cc1. The van der Waals surface area contributed by atoms with Crippen molar-refractivity contribution in [1.29, 1.82) is 0 Å². The van der Waals surface area contributed by atoms with Gasteiger partial charge in [-0.15, -0.1) is 11.3 Å². The topological polar surface area (TPSA) is 40.5 Å². The Morgan fingerprint density at radius 3 is 2.46 bits per heavy atom. The Bertz CT molecular complexity index is 941. The van der Waals surface area contributed by atoms with Crippen LogP contribution in [-0.4, -0.2) is 23.8 Å². The van der Waals surface area contributed by atoms with E-state index in [-0.39, 0.29) is 0 Å². The number of hydrogen-bond donors (Lipinski definition) is 1. The second-order valence-electron chi connectivity index (χ2n) is 6.95. The Balaban J connectivity index is 1.41. The molecule has 2 aromatic carbocycles. The van der Waals surface area contributed by atoms with Gasteiger partial charge in [-0.3, -0.25) is 5.43 Å². The van der Waals surface area contributed by atoms with Gasteiger partial charge < -0.3 is 4.90 Å². The third-order valence-electron chi connectivity index (χ3n) is 4.97. The maximum absolute atomic E-state index is 5.95. The number of hydrogen-bond acceptors (Lipinski definition) is 5. The monoisotopic (exact) mass is 410 g/mol. The molecule has 1 aromatic heterocycles. The molecule has 0 radical (unpaired) electrons. The van der Waals surface area contributed by atoms with Crippen LogP contribution in [0.1, 0.15) is 31.7 Å². The van der Waals surface area contributed by atoms with Gasteiger partial charge in [0.25, 0.3) is 0 Å². The molecule has 0 unspecified atom stereocenters. The van der Waals surface area contributed by atoms with Gasteiger partial charge in [0.15, 0.2) is 0 Å². The average molecular weight is 411 g/mol. The molecule has 0 saturated carbocycles. The molecular formula is C22H23ClN4S. The summed E-state index contributed by atoms with van der Waals surface area (Å²) in [6, 6.07) is 16.4. The van der Waals surface area contributed by atoms with Crippen LogP contribution in [0.4, 0.5) is 10.8 Å². The summed E-state index contributed by atoms with van der Waals surface area (Å²) < 4.78 is 0. The molecule has 28 heavy (non-hydrogen) atoms. The summed E-state index contributed by atoms with van der Waals surface area (Å²) in [5, 5.41) is 8.02. The molecular weight excluding hydrogens is 388 g/mol. The largest absolute Gasteiger partial charge is 0.372 e. The van der Waals surface area contributed by atoms with Gasteiger partial charge in [0, 0.05) is 34.7 Å². The van der Waals surface area contributed by atoms with Gasteiger partial charge in [0.1, 0.15) is 0 Å². The fourth-order valence-electron chi connectivity index (χ4n) is 3.34. The zero-order valence-corrected chi connectivity index (χ0v) is 17.4. The van der Waals surface area contributed by atoms with E-state index in [0.717, 1.165) is 45.8 Å². The quantitative estimate of drug-likeness (QED) is 0.397. The molecule has 4 rings (SSSR count). The smallest absolute Gasteiger partial charge is 0.203 e. The predicted molar refractivity (Wildman–Crippen MR) is 121 cm³/mol. The van der Waals surface area contributed by atoms with Crippen LogP contribution in [-0.2, 0) is 0 Å². The Morgan fingerprint density at radius 1 is 1.04 bits per heavy atom. The average Bonchev–Trinajstić information content (AvgIpc) is 3.22. The van der Waals surface area contributed by atoms with Crippen molar-refractivity contribution in [2.75, 3.05) is 23.4 Å². The summed E-state index contributed by atoms with van der Waals surface area (Å²) in [5.41, 5.74) is 8.40. The highest BCUT2D eigenvalue weighted by Gasteiger charge is 2.11. The highest BCUT2D eigenvalue weighted by atomic mass is 35.5. The molecule has 6 heteroatoms. The van der Waals surface area contributed by atoms with Crippen LogP contribution in [0.25, 0.3) is 11.3 Å². The van der Waals surface area contributed by atoms with Crippen molar-refractivity contribution in [1.82, 2.24) is 4.98 Å². The van der Waals surface area contributed by atoms with Gasteiger partial charge in [0.05, 0.1) is 11.4 Å². The van der Waals surface area contributed by atoms with E-state index in [0.29, 0.717) is 0 Å². The highest BCUT2D eigenvalue weighted by Crippen LogP contribution is 2.26. The molecule has 1 aliphatic rings. The van der Waals surface area contributed by atoms with E-state index in [1.54, 1.807) is 0 Å². The number of nitrogens with zero attached hydrogens (tertiary/aromatic N) is 3. The molecule has 0 amide bonds. The number of rotatable bonds is 5. The molecule has 144 valence electrons. The Morgan fingerprint density at radius 2 is 1.75 bits per heavy atom. The van der Waals surface area contributed by atoms with Crippen molar-refractivity contribution < 1.29 is 0 Å². The molecule has 2 heterocycles. The van der Waals surface area contributed by atoms with Gasteiger partial charge in [-0.05, 0) is 56.0 Å². The number of hydrazone groups is 1. The number of benzene rings is 2. The van der Waals surface area contributed by atoms with E-state index in [1.165, 1.54) is 36.3 Å². The van der Waals surface area contributed by atoms with Crippen molar-refractivity contribution in [2.24, 2.45) is 5.10 Å². The molecule has 1 N–H and O–H groups in total. The highest BCUT2D eigenvalue weighted by molar-refractivity contribution is 7.14. The fraction of sp³-hybridized carbons (Fsp3) is 0.273. The second-order valence-corrected chi connectivity index (χ2v) is 8.24. The molecule has 1 fully saturated rings. The Labute approximate surface area is 174 Å². The first-order valence-corrected chi connectivity index (χ1v) is 10.8. The first kappa shape index (κ1) is 19.0. The van der Waals surface area contributed by atoms with Crippen LogP contribution in [0.3, 0.4) is 0 Å². The van der Waals surface area contributed by atoms with Crippen LogP contribution in [0.2, 0.25) is 5.02 Å². The van der Waals surface area contributed by atoms with Gasteiger partial charge in [-0.1, -0.05) is 35.9 Å². The molecule has 1 saturated heterocycles. The van der Waals surface area contributed by atoms with E-state index in [9.17, 15) is 0 Å². The van der Waals surface area contributed by atoms with Crippen molar-refractivity contribution in [3.05, 3.63) is 64.5 Å². The van der Waals surface area contributed by atoms with Crippen LogP contribution in [0, 0.1) is 0 Å². The number of aromatic nitrogens is 1. The molecule has 3 aromatic rings. The third kappa shape index (κ3) is 4.54. The molecule has 0 spiro atoms. The minimum absolute atomic E-state index is 0.726. The van der Waals surface area contributed by atoms with Gasteiger partial charge in [0.2, 0.25) is 5.13 Å². The van der Waals surface area contributed by atoms with Gasteiger partial charge in [-0.25, -0.2) is 4.98 Å². The summed E-state index contributed by atoms with van der Waals surface area (Å²) in [4.78, 5) is 7.07. The fourth-order valence-corrected chi connectivity index (χ4v) is 4.13. The summed E-state index contributed by atoms with van der Waals surface area (Å²) in [5.74, 6) is 0. The molecule has 1 aliphatic heterocycles. The van der Waals surface area contributed by atoms with Crippen LogP contribution < -0.4 is 10.3 Å². The zero-order chi connectivity index (χ0) is 19.3. The number of halogens is 1. The van der Waals surface area contributed by atoms with Crippen LogP contribution in [0.15, 0.2) is 59.0 Å². The maximum Gasteiger partial charge on any atom is 0.203 e. The lowest BCUT2D eigenvalue weighted by molar-refractivity contribution is 0.578. The number of piperidine rings is 1. The summed E-state index contributed by atoms with van der Waals surface area (Å²) in [6.45, 7) is 4.33. The van der Waals surface area contributed by atoms with Crippen molar-refractivity contribution in [3.63, 3.8) is 0 Å². The first-order valence-electron chi connectivity index (χ1n) is 9.56. The lowest BCUT2D eigenvalue weighted by atomic mass is 10.1. The van der Waals surface area contributed by atoms with E-state index in [4.69, 9.17) is 11.6 Å². The lowest BCUT2D eigenvalue weighted by Gasteiger charge is -2.28. The maximum atomic E-state index is 5.95. The van der Waals surface area contributed by atoms with Crippen molar-refractivity contribution in [2.45, 2.75) is 26.2 Å². The van der Waals surface area contributed by atoms with E-state index < -0.39 is 0 Å². The first-order chi connectivity index (χ1) is 13.7. The Hall–Kier alpha value is -2.37. The van der Waals surface area contributed by atoms with E-state index in [1.807, 2.05) is 36.6 Å². The standard InChI is InChI=1S/C22H23ClN4S/c1-16(17-7-11-20(12-8-17)27-13-3-2-4-14-27)25-26-22-24-21(15-28-22)18-5-9-19(23)10-6-18/h5-12,15H,2-4,13-14H2,1H3,(H,24,26)/b25-16+. The summed E-state index contributed by atoms with van der Waals surface area (Å²) >= 11 is 7.49. The molecule has 4 nitrogen and oxygen atoms in total. The summed E-state index contributed by atoms with van der Waals surface area (Å²) in [7, 11) is 0. The second kappa shape index (κ2) is 8.76. The predicted octanol–water partition coefficient (Wildman–Crippen LogP) is 6.29. The number of nitrogens with one attached hydrogen (secondary N) is 1. The number of thiazole rings is 1.